The molecule has 1 heterocycles. The Balaban J connectivity index is 1.77. The second kappa shape index (κ2) is 11.4. The lowest BCUT2D eigenvalue weighted by Crippen LogP contribution is -2.49. The first-order valence-electron chi connectivity index (χ1n) is 10.3. The van der Waals surface area contributed by atoms with Crippen LogP contribution >= 0.6 is 11.6 Å². The Bertz CT molecular complexity index is 1030. The number of carbonyl (C=O) groups is 1. The molecule has 0 N–H and O–H groups in total. The number of halogens is 3. The van der Waals surface area contributed by atoms with Gasteiger partial charge in [0.15, 0.2) is 11.5 Å². The highest BCUT2D eigenvalue weighted by molar-refractivity contribution is 6.31. The Morgan fingerprint density at radius 3 is 2.38 bits per heavy atom. The summed E-state index contributed by atoms with van der Waals surface area (Å²) in [6.07, 6.45) is 0. The predicted molar refractivity (Wildman–Crippen MR) is 119 cm³/mol. The van der Waals surface area contributed by atoms with Crippen LogP contribution in [0.5, 0.6) is 11.5 Å². The Morgan fingerprint density at radius 2 is 1.82 bits per heavy atom. The topological polar surface area (TPSA) is 94.4 Å². The van der Waals surface area contributed by atoms with E-state index < -0.39 is 29.3 Å². The Labute approximate surface area is 199 Å². The van der Waals surface area contributed by atoms with Gasteiger partial charge in [-0.15, -0.1) is 0 Å². The van der Waals surface area contributed by atoms with Gasteiger partial charge < -0.3 is 14.2 Å². The summed E-state index contributed by atoms with van der Waals surface area (Å²) in [5.41, 5.74) is 0.592. The van der Waals surface area contributed by atoms with Crippen LogP contribution in [0.4, 0.5) is 14.5 Å². The lowest BCUT2D eigenvalue weighted by Gasteiger charge is -2.38. The number of rotatable bonds is 9. The summed E-state index contributed by atoms with van der Waals surface area (Å²) >= 11 is 6.32. The SMILES string of the molecule is COC(=O)C(c1ccccc1Cl)N1CCN(Cc2cc(OC)c(OC(F)F)cc2[N+](=O)[O-])CC1. The van der Waals surface area contributed by atoms with Gasteiger partial charge in [0.05, 0.1) is 25.2 Å². The van der Waals surface area contributed by atoms with Gasteiger partial charge >= 0.3 is 12.6 Å². The van der Waals surface area contributed by atoms with Crippen molar-refractivity contribution in [3.8, 4) is 11.5 Å². The summed E-state index contributed by atoms with van der Waals surface area (Å²) < 4.78 is 39.8. The average Bonchev–Trinajstić information content (AvgIpc) is 2.81. The van der Waals surface area contributed by atoms with E-state index in [1.54, 1.807) is 24.3 Å². The molecule has 0 aliphatic carbocycles. The van der Waals surface area contributed by atoms with E-state index >= 15 is 0 Å². The summed E-state index contributed by atoms with van der Waals surface area (Å²) in [6.45, 7) is -1.03. The molecule has 1 aliphatic heterocycles. The molecule has 1 atom stereocenters. The summed E-state index contributed by atoms with van der Waals surface area (Å²) in [5, 5.41) is 12.0. The molecule has 3 rings (SSSR count). The molecule has 34 heavy (non-hydrogen) atoms. The van der Waals surface area contributed by atoms with Crippen LogP contribution in [-0.4, -0.2) is 67.7 Å². The number of piperazine rings is 1. The maximum atomic E-state index is 12.7. The van der Waals surface area contributed by atoms with Crippen LogP contribution in [0.3, 0.4) is 0 Å². The molecule has 0 spiro atoms. The molecule has 1 unspecified atom stereocenters. The van der Waals surface area contributed by atoms with Crippen molar-refractivity contribution in [3.63, 3.8) is 0 Å². The number of nitro benzene ring substituents is 1. The highest BCUT2D eigenvalue weighted by Gasteiger charge is 2.33. The zero-order valence-corrected chi connectivity index (χ0v) is 19.3. The highest BCUT2D eigenvalue weighted by atomic mass is 35.5. The zero-order valence-electron chi connectivity index (χ0n) is 18.6. The zero-order chi connectivity index (χ0) is 24.8. The molecule has 12 heteroatoms. The van der Waals surface area contributed by atoms with E-state index in [1.165, 1.54) is 20.3 Å². The molecular formula is C22H24ClF2N3O6. The van der Waals surface area contributed by atoms with Crippen molar-refractivity contribution in [1.82, 2.24) is 9.80 Å². The number of esters is 1. The number of benzene rings is 2. The van der Waals surface area contributed by atoms with Crippen LogP contribution in [0.1, 0.15) is 17.2 Å². The van der Waals surface area contributed by atoms with Gasteiger partial charge in [-0.3, -0.25) is 19.9 Å². The van der Waals surface area contributed by atoms with Crippen LogP contribution in [0.15, 0.2) is 36.4 Å². The third-order valence-corrected chi connectivity index (χ3v) is 5.91. The molecule has 0 aromatic heterocycles. The third kappa shape index (κ3) is 5.91. The molecule has 2 aromatic carbocycles. The highest BCUT2D eigenvalue weighted by Crippen LogP contribution is 2.36. The fourth-order valence-electron chi connectivity index (χ4n) is 3.94. The molecule has 0 bridgehead atoms. The first kappa shape index (κ1) is 25.6. The summed E-state index contributed by atoms with van der Waals surface area (Å²) in [6, 6.07) is 8.65. The predicted octanol–water partition coefficient (Wildman–Crippen LogP) is 3.89. The molecule has 2 aromatic rings. The Hall–Kier alpha value is -3.02. The van der Waals surface area contributed by atoms with E-state index in [1.807, 2.05) is 9.80 Å². The van der Waals surface area contributed by atoms with Crippen LogP contribution in [-0.2, 0) is 16.1 Å². The van der Waals surface area contributed by atoms with E-state index in [0.717, 1.165) is 6.07 Å². The van der Waals surface area contributed by atoms with Gasteiger partial charge in [-0.2, -0.15) is 8.78 Å². The monoisotopic (exact) mass is 499 g/mol. The van der Waals surface area contributed by atoms with Crippen molar-refractivity contribution < 1.29 is 32.7 Å². The molecule has 1 fully saturated rings. The standard InChI is InChI=1S/C22H24ClF2N3O6/c1-32-18-11-14(17(28(30)31)12-19(18)34-22(24)25)13-26-7-9-27(10-8-26)20(21(29)33-2)15-5-3-4-6-16(15)23/h3-6,11-12,20,22H,7-10,13H2,1-2H3. The van der Waals surface area contributed by atoms with Crippen molar-refractivity contribution in [2.24, 2.45) is 0 Å². The van der Waals surface area contributed by atoms with Crippen LogP contribution in [0.2, 0.25) is 5.02 Å². The number of ether oxygens (including phenoxy) is 3. The maximum absolute atomic E-state index is 12.7. The fraction of sp³-hybridized carbons (Fsp3) is 0.409. The minimum atomic E-state index is -3.15. The Morgan fingerprint density at radius 1 is 1.15 bits per heavy atom. The number of nitrogens with zero attached hydrogens (tertiary/aromatic N) is 3. The van der Waals surface area contributed by atoms with E-state index in [2.05, 4.69) is 4.74 Å². The first-order valence-corrected chi connectivity index (χ1v) is 10.7. The van der Waals surface area contributed by atoms with E-state index in [4.69, 9.17) is 21.1 Å². The van der Waals surface area contributed by atoms with Gasteiger partial charge in [0.2, 0.25) is 0 Å². The van der Waals surface area contributed by atoms with Crippen molar-refractivity contribution in [1.29, 1.82) is 0 Å². The van der Waals surface area contributed by atoms with E-state index in [-0.39, 0.29) is 18.0 Å². The number of hydrogen-bond donors (Lipinski definition) is 0. The molecule has 0 amide bonds. The Kier molecular flexibility index (Phi) is 8.59. The maximum Gasteiger partial charge on any atom is 0.387 e. The molecule has 0 radical (unpaired) electrons. The van der Waals surface area contributed by atoms with E-state index in [0.29, 0.717) is 42.3 Å². The number of methoxy groups -OCH3 is 2. The number of carbonyl (C=O) groups excluding carboxylic acids is 1. The summed E-state index contributed by atoms with van der Waals surface area (Å²) in [4.78, 5) is 27.4. The van der Waals surface area contributed by atoms with Crippen LogP contribution in [0.25, 0.3) is 0 Å². The second-order valence-corrected chi connectivity index (χ2v) is 7.93. The third-order valence-electron chi connectivity index (χ3n) is 5.57. The lowest BCUT2D eigenvalue weighted by molar-refractivity contribution is -0.385. The van der Waals surface area contributed by atoms with Gasteiger partial charge in [0.1, 0.15) is 6.04 Å². The van der Waals surface area contributed by atoms with Gasteiger partial charge in [-0.1, -0.05) is 29.8 Å². The number of nitro groups is 1. The summed E-state index contributed by atoms with van der Waals surface area (Å²) in [7, 11) is 2.58. The molecule has 0 saturated carbocycles. The van der Waals surface area contributed by atoms with Crippen molar-refractivity contribution >= 4 is 23.3 Å². The van der Waals surface area contributed by atoms with Crippen molar-refractivity contribution in [2.75, 3.05) is 40.4 Å². The minimum Gasteiger partial charge on any atom is -0.493 e. The molecule has 9 nitrogen and oxygen atoms in total. The van der Waals surface area contributed by atoms with Gasteiger partial charge in [0, 0.05) is 43.3 Å². The number of hydrogen-bond acceptors (Lipinski definition) is 8. The van der Waals surface area contributed by atoms with Crippen molar-refractivity contribution in [2.45, 2.75) is 19.2 Å². The molecule has 1 aliphatic rings. The van der Waals surface area contributed by atoms with Crippen LogP contribution < -0.4 is 9.47 Å². The van der Waals surface area contributed by atoms with Gasteiger partial charge in [-0.25, -0.2) is 4.79 Å². The summed E-state index contributed by atoms with van der Waals surface area (Å²) in [5.74, 6) is -0.862. The normalized spacial score (nSPS) is 15.7. The second-order valence-electron chi connectivity index (χ2n) is 7.53. The van der Waals surface area contributed by atoms with Crippen LogP contribution in [0, 0.1) is 10.1 Å². The fourth-order valence-corrected chi connectivity index (χ4v) is 4.18. The van der Waals surface area contributed by atoms with Gasteiger partial charge in [0.25, 0.3) is 5.69 Å². The molecule has 1 saturated heterocycles. The van der Waals surface area contributed by atoms with Gasteiger partial charge in [-0.05, 0) is 17.7 Å². The largest absolute Gasteiger partial charge is 0.493 e. The smallest absolute Gasteiger partial charge is 0.387 e. The minimum absolute atomic E-state index is 0.0241. The first-order chi connectivity index (χ1) is 16.2. The quantitative estimate of drug-likeness (QED) is 0.291. The average molecular weight is 500 g/mol. The molecule has 184 valence electrons. The number of alkyl halides is 2. The lowest BCUT2D eigenvalue weighted by atomic mass is 10.0. The van der Waals surface area contributed by atoms with Crippen molar-refractivity contribution in [3.05, 3.63) is 62.7 Å². The van der Waals surface area contributed by atoms with E-state index in [9.17, 15) is 23.7 Å². The molecular weight excluding hydrogens is 476 g/mol.